The quantitative estimate of drug-likeness (QED) is 0.652. The van der Waals surface area contributed by atoms with Gasteiger partial charge in [0.2, 0.25) is 5.91 Å². The van der Waals surface area contributed by atoms with Gasteiger partial charge in [0.1, 0.15) is 0 Å². The van der Waals surface area contributed by atoms with Crippen LogP contribution in [0, 0.1) is 0 Å². The third-order valence-electron chi connectivity index (χ3n) is 5.24. The minimum absolute atomic E-state index is 0.0537. The van der Waals surface area contributed by atoms with Crippen molar-refractivity contribution in [1.29, 1.82) is 0 Å². The highest BCUT2D eigenvalue weighted by atomic mass is 32.2. The molecule has 0 bridgehead atoms. The zero-order chi connectivity index (χ0) is 22.0. The van der Waals surface area contributed by atoms with E-state index >= 15 is 0 Å². The molecule has 1 amide bonds. The smallest absolute Gasteiger partial charge is 0.262 e. The number of benzene rings is 1. The summed E-state index contributed by atoms with van der Waals surface area (Å²) >= 11 is 0. The number of carbonyl (C=O) groups excluding carboxylic acids is 1. The maximum Gasteiger partial charge on any atom is 0.262 e. The number of piperidine rings is 1. The van der Waals surface area contributed by atoms with Gasteiger partial charge < -0.3 is 9.88 Å². The molecule has 1 saturated heterocycles. The molecule has 2 aromatic heterocycles. The second-order valence-corrected chi connectivity index (χ2v) is 9.52. The standard InChI is InChI=1S/C21H24N6O3S/c1-15(28)25-18-7-3-5-16(11-18)20-21(23-9-8-22-20)17-6-4-10-27(12-17)31(29,30)19-13-26(2)14-24-19/h3,5,7-9,11,13-14,17H,4,6,10,12H2,1-2H3,(H,25,28)/t17-/m0/s1. The Bertz CT molecular complexity index is 1210. The van der Waals surface area contributed by atoms with Gasteiger partial charge in [-0.25, -0.2) is 13.4 Å². The number of nitrogens with zero attached hydrogens (tertiary/aromatic N) is 5. The number of hydrogen-bond donors (Lipinski definition) is 1. The third-order valence-corrected chi connectivity index (χ3v) is 6.99. The molecule has 162 valence electrons. The van der Waals surface area contributed by atoms with E-state index in [1.165, 1.54) is 23.8 Å². The fourth-order valence-corrected chi connectivity index (χ4v) is 5.35. The number of amides is 1. The fourth-order valence-electron chi connectivity index (χ4n) is 3.86. The molecule has 1 aromatic carbocycles. The fraction of sp³-hybridized carbons (Fsp3) is 0.333. The Labute approximate surface area is 181 Å². The van der Waals surface area contributed by atoms with E-state index in [1.54, 1.807) is 24.0 Å². The van der Waals surface area contributed by atoms with E-state index in [-0.39, 0.29) is 16.9 Å². The van der Waals surface area contributed by atoms with E-state index in [4.69, 9.17) is 0 Å². The number of rotatable bonds is 5. The lowest BCUT2D eigenvalue weighted by Crippen LogP contribution is -2.39. The molecule has 1 N–H and O–H groups in total. The Morgan fingerprint density at radius 1 is 1.19 bits per heavy atom. The highest BCUT2D eigenvalue weighted by Crippen LogP contribution is 2.34. The average molecular weight is 441 g/mol. The van der Waals surface area contributed by atoms with E-state index in [0.29, 0.717) is 24.5 Å². The Hall–Kier alpha value is -3.11. The molecule has 31 heavy (non-hydrogen) atoms. The first kappa shape index (κ1) is 21.1. The summed E-state index contributed by atoms with van der Waals surface area (Å²) in [6, 6.07) is 7.41. The van der Waals surface area contributed by atoms with Crippen molar-refractivity contribution >= 4 is 21.6 Å². The van der Waals surface area contributed by atoms with E-state index in [9.17, 15) is 13.2 Å². The van der Waals surface area contributed by atoms with Gasteiger partial charge in [-0.2, -0.15) is 4.31 Å². The molecule has 0 spiro atoms. The van der Waals surface area contributed by atoms with Gasteiger partial charge in [0.25, 0.3) is 10.0 Å². The molecule has 9 nitrogen and oxygen atoms in total. The Kier molecular flexibility index (Phi) is 5.84. The summed E-state index contributed by atoms with van der Waals surface area (Å²) in [7, 11) is -1.93. The minimum Gasteiger partial charge on any atom is -0.339 e. The van der Waals surface area contributed by atoms with Crippen molar-refractivity contribution in [2.45, 2.75) is 30.7 Å². The molecule has 0 aliphatic carbocycles. The van der Waals surface area contributed by atoms with Crippen LogP contribution in [0.4, 0.5) is 5.69 Å². The number of aryl methyl sites for hydroxylation is 1. The summed E-state index contributed by atoms with van der Waals surface area (Å²) in [4.78, 5) is 24.6. The summed E-state index contributed by atoms with van der Waals surface area (Å²) in [5.74, 6) is -0.250. The van der Waals surface area contributed by atoms with E-state index in [0.717, 1.165) is 24.1 Å². The normalized spacial score (nSPS) is 17.4. The summed E-state index contributed by atoms with van der Waals surface area (Å²) in [6.45, 7) is 2.22. The molecule has 1 aliphatic heterocycles. The summed E-state index contributed by atoms with van der Waals surface area (Å²) in [6.07, 6.45) is 7.78. The molecule has 0 radical (unpaired) electrons. The Balaban J connectivity index is 1.64. The van der Waals surface area contributed by atoms with Crippen molar-refractivity contribution in [2.75, 3.05) is 18.4 Å². The van der Waals surface area contributed by atoms with Gasteiger partial charge in [0.05, 0.1) is 17.7 Å². The molecule has 3 heterocycles. The van der Waals surface area contributed by atoms with Crippen LogP contribution in [0.25, 0.3) is 11.3 Å². The van der Waals surface area contributed by atoms with Gasteiger partial charge in [-0.3, -0.25) is 14.8 Å². The largest absolute Gasteiger partial charge is 0.339 e. The maximum absolute atomic E-state index is 13.1. The van der Waals surface area contributed by atoms with Crippen LogP contribution in [0.15, 0.2) is 54.2 Å². The molecular formula is C21H24N6O3S. The molecular weight excluding hydrogens is 416 g/mol. The van der Waals surface area contributed by atoms with Crippen LogP contribution >= 0.6 is 0 Å². The Morgan fingerprint density at radius 2 is 2.00 bits per heavy atom. The summed E-state index contributed by atoms with van der Waals surface area (Å²) in [5.41, 5.74) is 2.93. The third kappa shape index (κ3) is 4.49. The van der Waals surface area contributed by atoms with Crippen LogP contribution in [0.5, 0.6) is 0 Å². The summed E-state index contributed by atoms with van der Waals surface area (Å²) < 4.78 is 29.2. The predicted octanol–water partition coefficient (Wildman–Crippen LogP) is 2.40. The number of nitrogens with one attached hydrogen (secondary N) is 1. The number of carbonyl (C=O) groups is 1. The number of anilines is 1. The van der Waals surface area contributed by atoms with Crippen LogP contribution in [-0.4, -0.2) is 51.2 Å². The van der Waals surface area contributed by atoms with Crippen molar-refractivity contribution < 1.29 is 13.2 Å². The van der Waals surface area contributed by atoms with Gasteiger partial charge in [0, 0.05) is 62.8 Å². The highest BCUT2D eigenvalue weighted by molar-refractivity contribution is 7.89. The predicted molar refractivity (Wildman–Crippen MR) is 116 cm³/mol. The van der Waals surface area contributed by atoms with Crippen molar-refractivity contribution in [2.24, 2.45) is 7.05 Å². The van der Waals surface area contributed by atoms with E-state index in [2.05, 4.69) is 20.3 Å². The molecule has 3 aromatic rings. The highest BCUT2D eigenvalue weighted by Gasteiger charge is 2.34. The molecule has 1 fully saturated rings. The average Bonchev–Trinajstić information content (AvgIpc) is 3.21. The number of aromatic nitrogens is 4. The number of hydrogen-bond acceptors (Lipinski definition) is 6. The van der Waals surface area contributed by atoms with Gasteiger partial charge >= 0.3 is 0 Å². The van der Waals surface area contributed by atoms with Gasteiger partial charge in [0.15, 0.2) is 5.03 Å². The monoisotopic (exact) mass is 440 g/mol. The SMILES string of the molecule is CC(=O)Nc1cccc(-c2nccnc2[C@H]2CCCN(S(=O)(=O)c3cn(C)cn3)C2)c1. The maximum atomic E-state index is 13.1. The molecule has 1 aliphatic rings. The second kappa shape index (κ2) is 8.56. The molecule has 4 rings (SSSR count). The van der Waals surface area contributed by atoms with Crippen molar-refractivity contribution in [3.8, 4) is 11.3 Å². The number of imidazole rings is 1. The van der Waals surface area contributed by atoms with Crippen molar-refractivity contribution in [1.82, 2.24) is 23.8 Å². The number of sulfonamides is 1. The lowest BCUT2D eigenvalue weighted by atomic mass is 9.92. The van der Waals surface area contributed by atoms with Crippen LogP contribution < -0.4 is 5.32 Å². The lowest BCUT2D eigenvalue weighted by Gasteiger charge is -2.31. The van der Waals surface area contributed by atoms with E-state index < -0.39 is 10.0 Å². The van der Waals surface area contributed by atoms with Crippen LogP contribution in [-0.2, 0) is 21.9 Å². The first-order chi connectivity index (χ1) is 14.8. The molecule has 0 unspecified atom stereocenters. The molecule has 0 saturated carbocycles. The first-order valence-corrected chi connectivity index (χ1v) is 11.5. The first-order valence-electron chi connectivity index (χ1n) is 10.0. The molecule has 10 heteroatoms. The zero-order valence-electron chi connectivity index (χ0n) is 17.4. The van der Waals surface area contributed by atoms with Gasteiger partial charge in [-0.05, 0) is 25.0 Å². The topological polar surface area (TPSA) is 110 Å². The second-order valence-electron chi connectivity index (χ2n) is 7.63. The molecule has 1 atom stereocenters. The van der Waals surface area contributed by atoms with Gasteiger partial charge in [-0.15, -0.1) is 0 Å². The Morgan fingerprint density at radius 3 is 2.74 bits per heavy atom. The van der Waals surface area contributed by atoms with Crippen LogP contribution in [0.3, 0.4) is 0 Å². The van der Waals surface area contributed by atoms with Gasteiger partial charge in [-0.1, -0.05) is 12.1 Å². The van der Waals surface area contributed by atoms with Crippen molar-refractivity contribution in [3.05, 3.63) is 54.9 Å². The van der Waals surface area contributed by atoms with Crippen LogP contribution in [0.2, 0.25) is 0 Å². The minimum atomic E-state index is -3.67. The van der Waals surface area contributed by atoms with E-state index in [1.807, 2.05) is 24.3 Å². The van der Waals surface area contributed by atoms with Crippen LogP contribution in [0.1, 0.15) is 31.4 Å². The van der Waals surface area contributed by atoms with Crippen molar-refractivity contribution in [3.63, 3.8) is 0 Å². The lowest BCUT2D eigenvalue weighted by molar-refractivity contribution is -0.114. The summed E-state index contributed by atoms with van der Waals surface area (Å²) in [5, 5.41) is 2.83. The zero-order valence-corrected chi connectivity index (χ0v) is 18.2.